The summed E-state index contributed by atoms with van der Waals surface area (Å²) in [5, 5.41) is 13.3. The molecule has 6 nitrogen and oxygen atoms in total. The van der Waals surface area contributed by atoms with Gasteiger partial charge in [0.15, 0.2) is 6.61 Å². The molecule has 1 heterocycles. The first-order valence-corrected chi connectivity index (χ1v) is 5.68. The molecule has 2 aromatic rings. The van der Waals surface area contributed by atoms with Crippen LogP contribution in [0.15, 0.2) is 34.9 Å². The Bertz CT molecular complexity index is 472. The van der Waals surface area contributed by atoms with Gasteiger partial charge in [-0.1, -0.05) is 23.4 Å². The zero-order valence-electron chi connectivity index (χ0n) is 9.82. The van der Waals surface area contributed by atoms with Crippen LogP contribution < -0.4 is 10.5 Å². The highest BCUT2D eigenvalue weighted by atomic mass is 16.5. The minimum atomic E-state index is -0.812. The summed E-state index contributed by atoms with van der Waals surface area (Å²) in [4.78, 5) is 4.04. The normalized spacial score (nSPS) is 12.3. The van der Waals surface area contributed by atoms with E-state index in [1.807, 2.05) is 30.3 Å². The zero-order valence-corrected chi connectivity index (χ0v) is 9.82. The van der Waals surface area contributed by atoms with Crippen LogP contribution in [0.25, 0.3) is 0 Å². The second kappa shape index (κ2) is 6.13. The number of ether oxygens (including phenoxy) is 1. The number of hydrogen-bond acceptors (Lipinski definition) is 6. The van der Waals surface area contributed by atoms with Crippen molar-refractivity contribution >= 4 is 0 Å². The van der Waals surface area contributed by atoms with Crippen molar-refractivity contribution in [2.75, 3.05) is 6.54 Å². The maximum absolute atomic E-state index is 9.60. The molecule has 0 spiro atoms. The largest absolute Gasteiger partial charge is 0.485 e. The fourth-order valence-electron chi connectivity index (χ4n) is 1.41. The first-order chi connectivity index (χ1) is 8.79. The number of para-hydroxylation sites is 1. The molecule has 0 radical (unpaired) electrons. The van der Waals surface area contributed by atoms with Gasteiger partial charge in [0.2, 0.25) is 5.82 Å². The molecule has 1 aromatic carbocycles. The fraction of sp³-hybridized carbons (Fsp3) is 0.333. The molecule has 0 saturated heterocycles. The molecule has 0 aliphatic rings. The molecule has 0 unspecified atom stereocenters. The molecular formula is C12H15N3O3. The van der Waals surface area contributed by atoms with E-state index in [1.54, 1.807) is 0 Å². The van der Waals surface area contributed by atoms with Crippen molar-refractivity contribution < 1.29 is 14.4 Å². The summed E-state index contributed by atoms with van der Waals surface area (Å²) in [6.07, 6.45) is -0.422. The Balaban J connectivity index is 1.91. The van der Waals surface area contributed by atoms with Crippen LogP contribution >= 0.6 is 0 Å². The third-order valence-electron chi connectivity index (χ3n) is 2.32. The number of aromatic nitrogens is 2. The van der Waals surface area contributed by atoms with Gasteiger partial charge in [0.1, 0.15) is 11.9 Å². The zero-order chi connectivity index (χ0) is 12.8. The molecule has 0 saturated carbocycles. The third kappa shape index (κ3) is 3.28. The van der Waals surface area contributed by atoms with Crippen LogP contribution in [0.3, 0.4) is 0 Å². The molecule has 1 aromatic heterocycles. The quantitative estimate of drug-likeness (QED) is 0.794. The first-order valence-electron chi connectivity index (χ1n) is 5.68. The molecular weight excluding hydrogens is 234 g/mol. The second-order valence-electron chi connectivity index (χ2n) is 3.74. The summed E-state index contributed by atoms with van der Waals surface area (Å²) in [6, 6.07) is 9.33. The maximum Gasteiger partial charge on any atom is 0.255 e. The summed E-state index contributed by atoms with van der Waals surface area (Å²) in [7, 11) is 0. The standard InChI is InChI=1S/C12H15N3O3/c13-7-6-10(16)12-14-11(15-18-12)8-17-9-4-2-1-3-5-9/h1-5,10,16H,6-8,13H2/t10-/m0/s1. The summed E-state index contributed by atoms with van der Waals surface area (Å²) < 4.78 is 10.4. The molecule has 18 heavy (non-hydrogen) atoms. The average Bonchev–Trinajstić information content (AvgIpc) is 2.87. The summed E-state index contributed by atoms with van der Waals surface area (Å²) in [5.74, 6) is 1.29. The van der Waals surface area contributed by atoms with Crippen LogP contribution in [0.5, 0.6) is 5.75 Å². The van der Waals surface area contributed by atoms with E-state index >= 15 is 0 Å². The number of hydrogen-bond donors (Lipinski definition) is 2. The van der Waals surface area contributed by atoms with Gasteiger partial charge in [0.05, 0.1) is 0 Å². The van der Waals surface area contributed by atoms with E-state index in [1.165, 1.54) is 0 Å². The molecule has 0 fully saturated rings. The Hall–Kier alpha value is -1.92. The number of nitrogens with zero attached hydrogens (tertiary/aromatic N) is 2. The summed E-state index contributed by atoms with van der Waals surface area (Å²) >= 11 is 0. The van der Waals surface area contributed by atoms with Gasteiger partial charge < -0.3 is 20.1 Å². The summed E-state index contributed by atoms with van der Waals surface area (Å²) in [5.41, 5.74) is 5.33. The van der Waals surface area contributed by atoms with E-state index in [-0.39, 0.29) is 12.5 Å². The molecule has 0 amide bonds. The molecule has 2 rings (SSSR count). The van der Waals surface area contributed by atoms with Crippen molar-refractivity contribution in [2.24, 2.45) is 5.73 Å². The monoisotopic (exact) mass is 249 g/mol. The van der Waals surface area contributed by atoms with Crippen molar-refractivity contribution in [1.29, 1.82) is 0 Å². The molecule has 0 bridgehead atoms. The lowest BCUT2D eigenvalue weighted by molar-refractivity contribution is 0.127. The van der Waals surface area contributed by atoms with Crippen molar-refractivity contribution in [3.8, 4) is 5.75 Å². The van der Waals surface area contributed by atoms with Gasteiger partial charge in [0.25, 0.3) is 5.89 Å². The summed E-state index contributed by atoms with van der Waals surface area (Å²) in [6.45, 7) is 0.558. The van der Waals surface area contributed by atoms with Gasteiger partial charge in [-0.05, 0) is 25.1 Å². The third-order valence-corrected chi connectivity index (χ3v) is 2.32. The second-order valence-corrected chi connectivity index (χ2v) is 3.74. The number of aliphatic hydroxyl groups is 1. The van der Waals surface area contributed by atoms with Crippen LogP contribution in [-0.2, 0) is 6.61 Å². The van der Waals surface area contributed by atoms with E-state index in [4.69, 9.17) is 15.0 Å². The Morgan fingerprint density at radius 1 is 1.33 bits per heavy atom. The van der Waals surface area contributed by atoms with Crippen LogP contribution in [0.2, 0.25) is 0 Å². The minimum absolute atomic E-state index is 0.173. The Labute approximate surface area is 104 Å². The molecule has 3 N–H and O–H groups in total. The van der Waals surface area contributed by atoms with Gasteiger partial charge in [-0.3, -0.25) is 0 Å². The predicted molar refractivity (Wildman–Crippen MR) is 63.7 cm³/mol. The topological polar surface area (TPSA) is 94.4 Å². The lowest BCUT2D eigenvalue weighted by Gasteiger charge is -2.02. The number of nitrogens with two attached hydrogens (primary N) is 1. The van der Waals surface area contributed by atoms with E-state index < -0.39 is 6.10 Å². The van der Waals surface area contributed by atoms with Crippen LogP contribution in [0.1, 0.15) is 24.2 Å². The van der Waals surface area contributed by atoms with Crippen molar-refractivity contribution in [1.82, 2.24) is 10.1 Å². The SMILES string of the molecule is NCC[C@H](O)c1nc(COc2ccccc2)no1. The van der Waals surface area contributed by atoms with Gasteiger partial charge in [-0.15, -0.1) is 0 Å². The molecule has 96 valence electrons. The molecule has 6 heteroatoms. The smallest absolute Gasteiger partial charge is 0.255 e. The van der Waals surface area contributed by atoms with E-state index in [9.17, 15) is 5.11 Å². The van der Waals surface area contributed by atoms with E-state index in [0.29, 0.717) is 18.8 Å². The van der Waals surface area contributed by atoms with Crippen molar-refractivity contribution in [3.63, 3.8) is 0 Å². The van der Waals surface area contributed by atoms with Crippen molar-refractivity contribution in [2.45, 2.75) is 19.1 Å². The average molecular weight is 249 g/mol. The van der Waals surface area contributed by atoms with Crippen molar-refractivity contribution in [3.05, 3.63) is 42.0 Å². The number of benzene rings is 1. The Morgan fingerprint density at radius 2 is 2.11 bits per heavy atom. The van der Waals surface area contributed by atoms with Crippen LogP contribution in [-0.4, -0.2) is 21.8 Å². The highest BCUT2D eigenvalue weighted by molar-refractivity contribution is 5.20. The van der Waals surface area contributed by atoms with Crippen LogP contribution in [0, 0.1) is 0 Å². The fourth-order valence-corrected chi connectivity index (χ4v) is 1.41. The number of rotatable bonds is 6. The lowest BCUT2D eigenvalue weighted by Crippen LogP contribution is -2.07. The Kier molecular flexibility index (Phi) is 4.27. The first kappa shape index (κ1) is 12.5. The Morgan fingerprint density at radius 3 is 2.83 bits per heavy atom. The van der Waals surface area contributed by atoms with Gasteiger partial charge in [-0.25, -0.2) is 0 Å². The predicted octanol–water partition coefficient (Wildman–Crippen LogP) is 1.03. The van der Waals surface area contributed by atoms with E-state index in [2.05, 4.69) is 10.1 Å². The lowest BCUT2D eigenvalue weighted by atomic mass is 10.2. The number of aliphatic hydroxyl groups excluding tert-OH is 1. The molecule has 0 aliphatic heterocycles. The molecule has 0 aliphatic carbocycles. The van der Waals surface area contributed by atoms with Gasteiger partial charge in [-0.2, -0.15) is 4.98 Å². The highest BCUT2D eigenvalue weighted by Crippen LogP contribution is 2.14. The molecule has 1 atom stereocenters. The van der Waals surface area contributed by atoms with Gasteiger partial charge >= 0.3 is 0 Å². The highest BCUT2D eigenvalue weighted by Gasteiger charge is 2.15. The van der Waals surface area contributed by atoms with Gasteiger partial charge in [0, 0.05) is 0 Å². The maximum atomic E-state index is 9.60. The van der Waals surface area contributed by atoms with Crippen LogP contribution in [0.4, 0.5) is 0 Å². The van der Waals surface area contributed by atoms with E-state index in [0.717, 1.165) is 5.75 Å². The minimum Gasteiger partial charge on any atom is -0.485 e.